The summed E-state index contributed by atoms with van der Waals surface area (Å²) in [5, 5.41) is 12.5. The van der Waals surface area contributed by atoms with Gasteiger partial charge in [0, 0.05) is 11.7 Å². The second kappa shape index (κ2) is 7.05. The number of aliphatic hydroxyl groups is 1. The number of carbonyl (C=O) groups is 1. The Morgan fingerprint density at radius 1 is 1.38 bits per heavy atom. The summed E-state index contributed by atoms with van der Waals surface area (Å²) in [6.45, 7) is 7.60. The van der Waals surface area contributed by atoms with E-state index in [1.807, 2.05) is 25.1 Å². The smallest absolute Gasteiger partial charge is 0.238 e. The number of amides is 1. The van der Waals surface area contributed by atoms with Crippen molar-refractivity contribution >= 4 is 11.6 Å². The molecule has 1 fully saturated rings. The molecule has 1 amide bonds. The van der Waals surface area contributed by atoms with E-state index in [2.05, 4.69) is 24.1 Å². The quantitative estimate of drug-likeness (QED) is 0.895. The van der Waals surface area contributed by atoms with Crippen LogP contribution in [-0.4, -0.2) is 41.7 Å². The predicted octanol–water partition coefficient (Wildman–Crippen LogP) is 2.33. The number of aryl methyl sites for hydroxylation is 2. The van der Waals surface area contributed by atoms with Crippen LogP contribution in [-0.2, 0) is 4.79 Å². The molecule has 0 radical (unpaired) electrons. The van der Waals surface area contributed by atoms with Gasteiger partial charge in [-0.15, -0.1) is 0 Å². The van der Waals surface area contributed by atoms with Crippen LogP contribution in [0.4, 0.5) is 5.69 Å². The summed E-state index contributed by atoms with van der Waals surface area (Å²) in [4.78, 5) is 14.3. The lowest BCUT2D eigenvalue weighted by Gasteiger charge is -2.38. The van der Waals surface area contributed by atoms with Crippen LogP contribution in [0.15, 0.2) is 18.2 Å². The van der Waals surface area contributed by atoms with Gasteiger partial charge in [0.1, 0.15) is 0 Å². The standard InChI is InChI=1S/C17H26N2O2/c1-12-6-7-15(9-14(12)3)18-17(21)10-19-8-4-5-13(2)16(19)11-20/h6-7,9,13,16,20H,4-5,8,10-11H2,1-3H3,(H,18,21)/t13-,16-/m1/s1. The first-order valence-electron chi connectivity index (χ1n) is 7.73. The number of hydrogen-bond acceptors (Lipinski definition) is 3. The first-order chi connectivity index (χ1) is 10.0. The first kappa shape index (κ1) is 16.0. The molecule has 2 atom stereocenters. The van der Waals surface area contributed by atoms with Gasteiger partial charge < -0.3 is 10.4 Å². The van der Waals surface area contributed by atoms with Gasteiger partial charge in [0.2, 0.25) is 5.91 Å². The molecule has 1 heterocycles. The molecule has 0 saturated carbocycles. The summed E-state index contributed by atoms with van der Waals surface area (Å²) in [5.74, 6) is 0.434. The van der Waals surface area contributed by atoms with E-state index in [0.717, 1.165) is 25.1 Å². The third-order valence-electron chi connectivity index (χ3n) is 4.56. The normalized spacial score (nSPS) is 23.0. The molecule has 0 aromatic heterocycles. The fraction of sp³-hybridized carbons (Fsp3) is 0.588. The van der Waals surface area contributed by atoms with Crippen LogP contribution in [0.3, 0.4) is 0 Å². The molecular weight excluding hydrogens is 264 g/mol. The lowest BCUT2D eigenvalue weighted by atomic mass is 9.91. The van der Waals surface area contributed by atoms with E-state index in [4.69, 9.17) is 0 Å². The molecule has 1 saturated heterocycles. The number of likely N-dealkylation sites (tertiary alicyclic amines) is 1. The Bertz CT molecular complexity index is 502. The highest BCUT2D eigenvalue weighted by molar-refractivity contribution is 5.92. The Labute approximate surface area is 127 Å². The molecule has 1 aliphatic rings. The minimum atomic E-state index is -0.00852. The van der Waals surface area contributed by atoms with Gasteiger partial charge in [-0.3, -0.25) is 9.69 Å². The van der Waals surface area contributed by atoms with Gasteiger partial charge in [0.05, 0.1) is 13.2 Å². The first-order valence-corrected chi connectivity index (χ1v) is 7.73. The SMILES string of the molecule is Cc1ccc(NC(=O)CN2CCC[C@@H](C)[C@H]2CO)cc1C. The van der Waals surface area contributed by atoms with Gasteiger partial charge >= 0.3 is 0 Å². The average molecular weight is 290 g/mol. The van der Waals surface area contributed by atoms with Crippen molar-refractivity contribution in [2.45, 2.75) is 39.7 Å². The molecule has 0 spiro atoms. The fourth-order valence-corrected chi connectivity index (χ4v) is 3.03. The zero-order valence-electron chi connectivity index (χ0n) is 13.2. The van der Waals surface area contributed by atoms with Gasteiger partial charge in [-0.2, -0.15) is 0 Å². The molecule has 1 aliphatic heterocycles. The van der Waals surface area contributed by atoms with Crippen molar-refractivity contribution < 1.29 is 9.90 Å². The number of piperidine rings is 1. The molecule has 116 valence electrons. The number of hydrogen-bond donors (Lipinski definition) is 2. The number of nitrogens with zero attached hydrogens (tertiary/aromatic N) is 1. The molecule has 21 heavy (non-hydrogen) atoms. The van der Waals surface area contributed by atoms with E-state index in [1.165, 1.54) is 11.1 Å². The van der Waals surface area contributed by atoms with E-state index in [1.54, 1.807) is 0 Å². The minimum absolute atomic E-state index is 0.00852. The van der Waals surface area contributed by atoms with Crippen molar-refractivity contribution in [3.05, 3.63) is 29.3 Å². The molecule has 1 aromatic carbocycles. The largest absolute Gasteiger partial charge is 0.395 e. The van der Waals surface area contributed by atoms with Gasteiger partial charge in [0.25, 0.3) is 0 Å². The summed E-state index contributed by atoms with van der Waals surface area (Å²) in [6, 6.07) is 6.05. The van der Waals surface area contributed by atoms with Crippen molar-refractivity contribution in [3.8, 4) is 0 Å². The summed E-state index contributed by atoms with van der Waals surface area (Å²) in [6.07, 6.45) is 2.22. The highest BCUT2D eigenvalue weighted by Gasteiger charge is 2.29. The van der Waals surface area contributed by atoms with E-state index in [9.17, 15) is 9.90 Å². The Kier molecular flexibility index (Phi) is 5.37. The third kappa shape index (κ3) is 4.05. The highest BCUT2D eigenvalue weighted by atomic mass is 16.3. The lowest BCUT2D eigenvalue weighted by Crippen LogP contribution is -2.49. The zero-order chi connectivity index (χ0) is 15.4. The molecule has 4 nitrogen and oxygen atoms in total. The molecular formula is C17H26N2O2. The number of carbonyl (C=O) groups excluding carboxylic acids is 1. The maximum atomic E-state index is 12.2. The van der Waals surface area contributed by atoms with Crippen molar-refractivity contribution in [3.63, 3.8) is 0 Å². The highest BCUT2D eigenvalue weighted by Crippen LogP contribution is 2.23. The molecule has 4 heteroatoms. The monoisotopic (exact) mass is 290 g/mol. The maximum absolute atomic E-state index is 12.2. The van der Waals surface area contributed by atoms with Crippen LogP contribution in [0.25, 0.3) is 0 Å². The van der Waals surface area contributed by atoms with Gasteiger partial charge in [-0.25, -0.2) is 0 Å². The van der Waals surface area contributed by atoms with Crippen molar-refractivity contribution in [2.24, 2.45) is 5.92 Å². The van der Waals surface area contributed by atoms with Crippen LogP contribution >= 0.6 is 0 Å². The topological polar surface area (TPSA) is 52.6 Å². The molecule has 0 unspecified atom stereocenters. The van der Waals surface area contributed by atoms with Crippen LogP contribution in [0, 0.1) is 19.8 Å². The van der Waals surface area contributed by atoms with E-state index in [-0.39, 0.29) is 18.6 Å². The number of rotatable bonds is 4. The lowest BCUT2D eigenvalue weighted by molar-refractivity contribution is -0.118. The number of benzene rings is 1. The minimum Gasteiger partial charge on any atom is -0.395 e. The van der Waals surface area contributed by atoms with Crippen LogP contribution in [0.5, 0.6) is 0 Å². The molecule has 1 aromatic rings. The van der Waals surface area contributed by atoms with E-state index in [0.29, 0.717) is 12.5 Å². The fourth-order valence-electron chi connectivity index (χ4n) is 3.03. The van der Waals surface area contributed by atoms with Crippen molar-refractivity contribution in [1.82, 2.24) is 4.90 Å². The third-order valence-corrected chi connectivity index (χ3v) is 4.56. The van der Waals surface area contributed by atoms with E-state index < -0.39 is 0 Å². The van der Waals surface area contributed by atoms with Gasteiger partial charge in [0.15, 0.2) is 0 Å². The second-order valence-electron chi connectivity index (χ2n) is 6.19. The Morgan fingerprint density at radius 2 is 2.14 bits per heavy atom. The van der Waals surface area contributed by atoms with Crippen LogP contribution in [0.1, 0.15) is 30.9 Å². The number of aliphatic hydroxyl groups excluding tert-OH is 1. The summed E-state index contributed by atoms with van der Waals surface area (Å²) < 4.78 is 0. The molecule has 2 rings (SSSR count). The predicted molar refractivity (Wildman–Crippen MR) is 85.4 cm³/mol. The zero-order valence-corrected chi connectivity index (χ0v) is 13.2. The van der Waals surface area contributed by atoms with E-state index >= 15 is 0 Å². The second-order valence-corrected chi connectivity index (χ2v) is 6.19. The number of nitrogens with one attached hydrogen (secondary N) is 1. The molecule has 0 bridgehead atoms. The van der Waals surface area contributed by atoms with Crippen LogP contribution in [0.2, 0.25) is 0 Å². The summed E-state index contributed by atoms with van der Waals surface area (Å²) in [7, 11) is 0. The summed E-state index contributed by atoms with van der Waals surface area (Å²) in [5.41, 5.74) is 3.24. The average Bonchev–Trinajstić information content (AvgIpc) is 2.43. The molecule has 0 aliphatic carbocycles. The maximum Gasteiger partial charge on any atom is 0.238 e. The number of anilines is 1. The van der Waals surface area contributed by atoms with Crippen molar-refractivity contribution in [2.75, 3.05) is 25.0 Å². The molecule has 2 N–H and O–H groups in total. The van der Waals surface area contributed by atoms with Crippen LogP contribution < -0.4 is 5.32 Å². The summed E-state index contributed by atoms with van der Waals surface area (Å²) >= 11 is 0. The van der Waals surface area contributed by atoms with Gasteiger partial charge in [-0.05, 0) is 62.4 Å². The Hall–Kier alpha value is -1.39. The Balaban J connectivity index is 1.95. The van der Waals surface area contributed by atoms with Crippen molar-refractivity contribution in [1.29, 1.82) is 0 Å². The Morgan fingerprint density at radius 3 is 2.81 bits per heavy atom. The van der Waals surface area contributed by atoms with Gasteiger partial charge in [-0.1, -0.05) is 13.0 Å².